The van der Waals surface area contributed by atoms with Gasteiger partial charge in [-0.15, -0.1) is 0 Å². The smallest absolute Gasteiger partial charge is 0.390 e. The van der Waals surface area contributed by atoms with Crippen molar-refractivity contribution in [2.75, 3.05) is 35.0 Å². The zero-order valence-corrected chi connectivity index (χ0v) is 123. The topological polar surface area (TPSA) is 223 Å². The molecule has 0 radical (unpaired) electrons. The summed E-state index contributed by atoms with van der Waals surface area (Å²) >= 11 is 34.2. The fourth-order valence-electron chi connectivity index (χ4n) is 10.4. The van der Waals surface area contributed by atoms with Crippen LogP contribution in [-0.2, 0) is 575 Å². The molecule has 0 saturated carbocycles. The number of nitro benzene ring substituents is 1. The Hall–Kier alpha value is 9.47. The zero-order valence-electron chi connectivity index (χ0n) is 74.9. The molecule has 0 spiro atoms. The van der Waals surface area contributed by atoms with E-state index >= 15 is 0 Å². The molecule has 0 bridgehead atoms. The molecule has 4 aliphatic rings. The lowest BCUT2D eigenvalue weighted by Crippen LogP contribution is -2.53. The van der Waals surface area contributed by atoms with E-state index in [1.807, 2.05) is 65.0 Å². The highest BCUT2D eigenvalue weighted by Crippen LogP contribution is 2.39. The Morgan fingerprint density at radius 1 is 0.397 bits per heavy atom. The molecule has 798 valence electrons. The van der Waals surface area contributed by atoms with Crippen LogP contribution in [0.4, 0.5) is 5.69 Å². The minimum atomic E-state index is -4.50. The minimum absolute atomic E-state index is 0.00356. The number of ether oxygens (including phenoxy) is 9. The van der Waals surface area contributed by atoms with Gasteiger partial charge in [-0.2, -0.15) is 24.8 Å². The van der Waals surface area contributed by atoms with Gasteiger partial charge in [-0.05, 0) is 72.5 Å². The predicted octanol–water partition coefficient (Wildman–Crippen LogP) is 12.7. The Labute approximate surface area is 981 Å². The van der Waals surface area contributed by atoms with Gasteiger partial charge in [0.1, 0.15) is 25.3 Å². The number of aliphatic hydroxyl groups excluding tert-OH is 1. The van der Waals surface area contributed by atoms with Crippen LogP contribution >= 0.6 is 11.1 Å². The molecule has 0 aromatic heterocycles. The second-order valence-corrected chi connectivity index (χ2v) is 123. The summed E-state index contributed by atoms with van der Waals surface area (Å²) < 4.78 is 86.0. The van der Waals surface area contributed by atoms with E-state index in [9.17, 15) is 23.6 Å². The molecule has 2 aromatic rings. The van der Waals surface area contributed by atoms with E-state index in [1.54, 1.807) is 418 Å². The second-order valence-electron chi connectivity index (χ2n) is 25.9. The minimum Gasteiger partial charge on any atom is -0.390 e. The molecule has 4 aliphatic heterocycles. The molecule has 4 saturated heterocycles. The summed E-state index contributed by atoms with van der Waals surface area (Å²) in [7, 11) is 86.2. The maximum Gasteiger partial charge on any atom is 0.449 e. The molecule has 18 nitrogen and oxygen atoms in total. The van der Waals surface area contributed by atoms with Gasteiger partial charge in [0.15, 0.2) is 25.2 Å². The van der Waals surface area contributed by atoms with E-state index in [0.717, 1.165) is 37.0 Å². The lowest BCUT2D eigenvalue weighted by Gasteiger charge is -2.43. The highest BCUT2D eigenvalue weighted by atomic mass is 35.6. The summed E-state index contributed by atoms with van der Waals surface area (Å²) in [6.07, 6.45) is 0.952. The lowest BCUT2D eigenvalue weighted by atomic mass is 9.78. The molecule has 0 aliphatic carbocycles. The van der Waals surface area contributed by atoms with Crippen LogP contribution in [0.15, 0.2) is 54.6 Å². The van der Waals surface area contributed by atoms with E-state index < -0.39 is 41.2 Å². The first-order valence-electron chi connectivity index (χ1n) is 37.2. The summed E-state index contributed by atoms with van der Waals surface area (Å²) in [6, 6.07) is 15.9. The molecule has 6 rings (SSSR count). The first-order chi connectivity index (χ1) is 65.2. The number of nitriles is 1. The van der Waals surface area contributed by atoms with Crippen molar-refractivity contribution < 1.29 is 69.4 Å². The van der Waals surface area contributed by atoms with E-state index in [4.69, 9.17) is 134 Å². The van der Waals surface area contributed by atoms with Gasteiger partial charge in [0.2, 0.25) is 0 Å². The van der Waals surface area contributed by atoms with Crippen molar-refractivity contribution >= 4 is 546 Å². The Morgan fingerprint density at radius 3 is 0.875 bits per heavy atom. The number of nitro groups is 1. The zero-order chi connectivity index (χ0) is 103. The molecule has 0 amide bonds. The van der Waals surface area contributed by atoms with Crippen LogP contribution in [0, 0.1) is 80.6 Å². The highest BCUT2D eigenvalue weighted by molar-refractivity contribution is 8.81. The first-order valence-corrected chi connectivity index (χ1v) is 114. The van der Waals surface area contributed by atoms with Gasteiger partial charge < -0.3 is 51.9 Å². The van der Waals surface area contributed by atoms with Crippen LogP contribution in [0.1, 0.15) is 122 Å². The normalized spacial score (nSPS) is 23.0. The number of hydrogen-bond donors (Lipinski definition) is 1. The number of halogens is 1. The molecular weight excluding hydrogens is 2880 g/mol. The summed E-state index contributed by atoms with van der Waals surface area (Å²) in [5.41, 5.74) is 0.773. The van der Waals surface area contributed by atoms with Gasteiger partial charge in [0, 0.05) is 582 Å². The maximum atomic E-state index is 12.6. The van der Waals surface area contributed by atoms with Crippen molar-refractivity contribution in [2.24, 2.45) is 59.2 Å². The predicted molar refractivity (Wildman–Crippen MR) is 728 cm³/mol. The van der Waals surface area contributed by atoms with Gasteiger partial charge in [0.25, 0.3) is 5.69 Å². The van der Waals surface area contributed by atoms with E-state index in [0.29, 0.717) is 54.3 Å². The van der Waals surface area contributed by atoms with Crippen molar-refractivity contribution in [3.63, 3.8) is 0 Å². The van der Waals surface area contributed by atoms with Crippen LogP contribution in [-0.4, -0.2) is 123 Å². The Bertz CT molecular complexity index is 6110. The van der Waals surface area contributed by atoms with E-state index in [1.165, 1.54) is 79.4 Å². The van der Waals surface area contributed by atoms with Crippen molar-refractivity contribution in [1.82, 2.24) is 0 Å². The third-order valence-electron chi connectivity index (χ3n) is 17.2. The van der Waals surface area contributed by atoms with Gasteiger partial charge in [-0.25, -0.2) is 4.18 Å². The molecular formula is C59H103ClN2O16S57Si. The third-order valence-corrected chi connectivity index (χ3v) is 123. The first kappa shape index (κ1) is 150. The van der Waals surface area contributed by atoms with E-state index in [2.05, 4.69) is 75.0 Å². The number of hydrogen-bond acceptors (Lipinski definition) is 23. The number of non-ortho nitro benzene ring substituents is 1. The standard InChI is InChI=1S/C22H27NO9S.2C11H22O2.C10H20O3.C3H9ClSi.C2H3N.2S19.S18/c1-15-16(2)22(28-3)30-20(14-29-13-17-7-5-4-6-8-17)21(15)32-33(26,27)31-19-11-9-18(10-12-19)23(24)25;2*1-6-10-8(3)7(2)9(4)11(12-5)13-10;1-5-8-9(11)6(2)7(3)10(12-4)13-8;1-5(2,3)4;1-2-3;2*1-3-5-7-9-11-13-15-17-19-18-16-14-12-10-8-6-4-2;1-3-5-7-9-11-13-15-17-18-16-14-12-10-8-6-4-2/h4-12,15-16,20-22H,13-14H2,1-3H3;2*7-11H,6H2,1-5H3;6-11H,5H2,1-4H3;1-3H3;1H3;;;/t15-,16?,20?,21+,22+;2*7-,8-,9?,10?,11-;6-,7?,8?,9+,10+;;;;;/m1001...../s1. The SMILES string of the molecule is CC#N.CCC1O[C@H](OC)C(C)[C@@H](C)[C@@H]1C.CCC1O[C@H](OC)C(C)[C@@H](C)[C@@H]1C.CCC1O[C@H](OC)C(C)[C@@H](C)[C@@H]1O.CO[C@H]1OC(COCc2ccccc2)[C@@H](OS(=O)(=O)Oc2ccc([N+](=O)[O-])cc2)[C@H](C)C1C.C[Si](C)(C)Cl.S=S=S=S=S=S=S=S=S=S=S=S=S=S=S=S=S=S.S=S=S=S=S=S=S=S=S=S=S=S=S=S=S=S=S=S=S.S=S=S=S=S=S=S=S=S=S=S=S=S=S=S=S=S=S=S. The summed E-state index contributed by atoms with van der Waals surface area (Å²) in [5.74, 6) is 3.61. The molecule has 77 heteroatoms. The van der Waals surface area contributed by atoms with Crippen molar-refractivity contribution in [3.05, 3.63) is 70.3 Å². The maximum absolute atomic E-state index is 12.6. The van der Waals surface area contributed by atoms with Crippen LogP contribution in [0.25, 0.3) is 0 Å². The summed E-state index contributed by atoms with van der Waals surface area (Å²) in [6.45, 7) is 35.9. The quantitative estimate of drug-likeness (QED) is 0.0714. The fourth-order valence-corrected chi connectivity index (χ4v) is 132. The largest absolute Gasteiger partial charge is 0.449 e. The Kier molecular flexibility index (Phi) is 114. The summed E-state index contributed by atoms with van der Waals surface area (Å²) in [4.78, 5) is 10.2. The number of benzene rings is 2. The molecule has 20 atom stereocenters. The van der Waals surface area contributed by atoms with Crippen LogP contribution < -0.4 is 4.18 Å². The van der Waals surface area contributed by atoms with E-state index in [-0.39, 0.29) is 72.8 Å². The molecule has 2 aromatic carbocycles. The fraction of sp³-hybridized carbons (Fsp3) is 0.780. The molecule has 136 heavy (non-hydrogen) atoms. The number of rotatable bonds is 16. The Morgan fingerprint density at radius 2 is 0.632 bits per heavy atom. The lowest BCUT2D eigenvalue weighted by molar-refractivity contribution is -0.384. The molecule has 8 unspecified atom stereocenters. The van der Waals surface area contributed by atoms with Crippen molar-refractivity contribution in [2.45, 2.75) is 204 Å². The monoisotopic (exact) mass is 2980 g/mol. The van der Waals surface area contributed by atoms with Crippen LogP contribution in [0.2, 0.25) is 19.6 Å². The molecule has 4 heterocycles. The second kappa shape index (κ2) is 104. The number of methoxy groups -OCH3 is 4. The number of aliphatic hydroxyl groups is 1. The van der Waals surface area contributed by atoms with Gasteiger partial charge in [-0.3, -0.25) is 10.1 Å². The molecule has 4 fully saturated rings. The Balaban J connectivity index is -0.00000154. The van der Waals surface area contributed by atoms with Gasteiger partial charge in [-0.1, -0.05) is 140 Å². The third kappa shape index (κ3) is 82.0. The molecule has 1 N–H and O–H groups in total. The van der Waals surface area contributed by atoms with Crippen LogP contribution in [0.3, 0.4) is 0 Å². The highest BCUT2D eigenvalue weighted by Gasteiger charge is 2.46. The van der Waals surface area contributed by atoms with Crippen LogP contribution in [0.5, 0.6) is 5.75 Å². The van der Waals surface area contributed by atoms with Crippen molar-refractivity contribution in [1.29, 1.82) is 5.26 Å². The number of nitrogens with zero attached hydrogens (tertiary/aromatic N) is 2. The summed E-state index contributed by atoms with van der Waals surface area (Å²) in [5, 5.41) is 27.9. The average molecular weight is 2990 g/mol. The van der Waals surface area contributed by atoms with Gasteiger partial charge in [0.05, 0.1) is 48.6 Å². The van der Waals surface area contributed by atoms with Gasteiger partial charge >= 0.3 is 10.4 Å². The van der Waals surface area contributed by atoms with Crippen molar-refractivity contribution in [3.8, 4) is 11.8 Å². The average Bonchev–Trinajstić information content (AvgIpc) is 0.794.